The largest absolute Gasteiger partial charge is 0.481 e. The molecule has 1 unspecified atom stereocenters. The molecule has 0 spiro atoms. The van der Waals surface area contributed by atoms with Gasteiger partial charge in [-0.2, -0.15) is 0 Å². The molecule has 1 aromatic heterocycles. The molecule has 1 aliphatic carbocycles. The van der Waals surface area contributed by atoms with Crippen molar-refractivity contribution in [2.75, 3.05) is 13.7 Å². The lowest BCUT2D eigenvalue weighted by Gasteiger charge is -2.21. The van der Waals surface area contributed by atoms with E-state index in [2.05, 4.69) is 29.4 Å². The summed E-state index contributed by atoms with van der Waals surface area (Å²) in [5, 5.41) is 3.63. The first-order chi connectivity index (χ1) is 9.83. The highest BCUT2D eigenvalue weighted by atomic mass is 16.5. The van der Waals surface area contributed by atoms with Crippen molar-refractivity contribution in [1.29, 1.82) is 0 Å². The number of nitrogens with one attached hydrogen (secondary N) is 1. The van der Waals surface area contributed by atoms with Crippen molar-refractivity contribution >= 4 is 0 Å². The molecule has 0 aliphatic heterocycles. The molecule has 0 radical (unpaired) electrons. The predicted octanol–water partition coefficient (Wildman–Crippen LogP) is 3.50. The van der Waals surface area contributed by atoms with E-state index in [0.29, 0.717) is 11.9 Å². The van der Waals surface area contributed by atoms with Crippen LogP contribution in [-0.2, 0) is 6.42 Å². The number of hydrogen-bond acceptors (Lipinski definition) is 3. The summed E-state index contributed by atoms with van der Waals surface area (Å²) < 4.78 is 5.12. The van der Waals surface area contributed by atoms with E-state index in [1.807, 2.05) is 12.3 Å². The second-order valence-corrected chi connectivity index (χ2v) is 5.40. The highest BCUT2D eigenvalue weighted by molar-refractivity contribution is 5.22. The van der Waals surface area contributed by atoms with Crippen LogP contribution in [0, 0.1) is 0 Å². The van der Waals surface area contributed by atoms with Gasteiger partial charge in [0.25, 0.3) is 0 Å². The van der Waals surface area contributed by atoms with Crippen molar-refractivity contribution in [3.05, 3.63) is 35.5 Å². The smallest absolute Gasteiger partial charge is 0.212 e. The number of nitrogens with zero attached hydrogens (tertiary/aromatic N) is 1. The number of pyridine rings is 1. The molecule has 0 saturated heterocycles. The van der Waals surface area contributed by atoms with Crippen molar-refractivity contribution in [3.63, 3.8) is 0 Å². The first-order valence-electron chi connectivity index (χ1n) is 7.74. The summed E-state index contributed by atoms with van der Waals surface area (Å²) in [5.41, 5.74) is 2.85. The monoisotopic (exact) mass is 274 g/mol. The summed E-state index contributed by atoms with van der Waals surface area (Å²) in [6.07, 6.45) is 11.9. The van der Waals surface area contributed by atoms with Gasteiger partial charge in [-0.25, -0.2) is 4.98 Å². The molecule has 3 heteroatoms. The summed E-state index contributed by atoms with van der Waals surface area (Å²) >= 11 is 0. The topological polar surface area (TPSA) is 34.1 Å². The fourth-order valence-electron chi connectivity index (χ4n) is 2.83. The number of likely N-dealkylation sites (N-methyl/N-ethyl adjacent to an activating group) is 1. The first-order valence-corrected chi connectivity index (χ1v) is 7.74. The zero-order valence-corrected chi connectivity index (χ0v) is 12.7. The average Bonchev–Trinajstić information content (AvgIpc) is 2.76. The van der Waals surface area contributed by atoms with Gasteiger partial charge in [0.05, 0.1) is 7.11 Å². The van der Waals surface area contributed by atoms with E-state index in [4.69, 9.17) is 4.74 Å². The Morgan fingerprint density at radius 1 is 1.30 bits per heavy atom. The van der Waals surface area contributed by atoms with Crippen LogP contribution in [0.15, 0.2) is 30.0 Å². The highest BCUT2D eigenvalue weighted by Crippen LogP contribution is 2.22. The second kappa shape index (κ2) is 8.05. The van der Waals surface area contributed by atoms with Gasteiger partial charge >= 0.3 is 0 Å². The number of aromatic nitrogens is 1. The summed E-state index contributed by atoms with van der Waals surface area (Å²) in [5.74, 6) is 0.683. The molecule has 0 bridgehead atoms. The Bertz CT molecular complexity index is 425. The summed E-state index contributed by atoms with van der Waals surface area (Å²) in [7, 11) is 1.65. The normalized spacial score (nSPS) is 17.2. The van der Waals surface area contributed by atoms with Gasteiger partial charge in [-0.15, -0.1) is 0 Å². The molecular weight excluding hydrogens is 248 g/mol. The highest BCUT2D eigenvalue weighted by Gasteiger charge is 2.15. The van der Waals surface area contributed by atoms with Gasteiger partial charge in [0.1, 0.15) is 0 Å². The standard InChI is InChI=1S/C17H26N2O/c1-3-18-16(15-8-6-4-5-7-9-15)12-14-10-11-17(20-2)19-13-14/h8,10-11,13,16,18H,3-7,9,12H2,1-2H3. The molecule has 20 heavy (non-hydrogen) atoms. The van der Waals surface area contributed by atoms with Crippen LogP contribution in [0.1, 0.15) is 44.6 Å². The summed E-state index contributed by atoms with van der Waals surface area (Å²) in [6, 6.07) is 4.51. The van der Waals surface area contributed by atoms with E-state index in [1.54, 1.807) is 12.7 Å². The molecule has 1 N–H and O–H groups in total. The zero-order chi connectivity index (χ0) is 14.2. The molecule has 0 fully saturated rings. The summed E-state index contributed by atoms with van der Waals surface area (Å²) in [6.45, 7) is 3.18. The molecule has 3 nitrogen and oxygen atoms in total. The maximum absolute atomic E-state index is 5.12. The minimum absolute atomic E-state index is 0.452. The third kappa shape index (κ3) is 4.34. The Hall–Kier alpha value is -1.35. The van der Waals surface area contributed by atoms with Gasteiger partial charge in [-0.1, -0.05) is 31.1 Å². The number of allylic oxidation sites excluding steroid dienone is 1. The van der Waals surface area contributed by atoms with Gasteiger partial charge in [-0.05, 0) is 44.2 Å². The second-order valence-electron chi connectivity index (χ2n) is 5.40. The van der Waals surface area contributed by atoms with E-state index < -0.39 is 0 Å². The molecule has 1 aromatic rings. The molecule has 0 saturated carbocycles. The van der Waals surface area contributed by atoms with E-state index in [-0.39, 0.29) is 0 Å². The van der Waals surface area contributed by atoms with Crippen molar-refractivity contribution in [3.8, 4) is 5.88 Å². The lowest BCUT2D eigenvalue weighted by Crippen LogP contribution is -2.33. The molecule has 1 aliphatic rings. The van der Waals surface area contributed by atoms with Crippen LogP contribution >= 0.6 is 0 Å². The van der Waals surface area contributed by atoms with Crippen molar-refractivity contribution < 1.29 is 4.74 Å². The molecule has 0 amide bonds. The average molecular weight is 274 g/mol. The van der Waals surface area contributed by atoms with Gasteiger partial charge in [0.15, 0.2) is 0 Å². The Labute approximate surface area is 122 Å². The predicted molar refractivity (Wildman–Crippen MR) is 83.1 cm³/mol. The lowest BCUT2D eigenvalue weighted by molar-refractivity contribution is 0.397. The van der Waals surface area contributed by atoms with E-state index in [0.717, 1.165) is 13.0 Å². The van der Waals surface area contributed by atoms with E-state index in [1.165, 1.54) is 37.7 Å². The quantitative estimate of drug-likeness (QED) is 0.806. The molecular formula is C17H26N2O. The van der Waals surface area contributed by atoms with Crippen molar-refractivity contribution in [2.24, 2.45) is 0 Å². The number of ether oxygens (including phenoxy) is 1. The molecule has 1 heterocycles. The number of rotatable bonds is 6. The Morgan fingerprint density at radius 2 is 2.20 bits per heavy atom. The fourth-order valence-corrected chi connectivity index (χ4v) is 2.83. The molecule has 0 aromatic carbocycles. The Balaban J connectivity index is 2.05. The van der Waals surface area contributed by atoms with Crippen LogP contribution in [-0.4, -0.2) is 24.7 Å². The Morgan fingerprint density at radius 3 is 2.90 bits per heavy atom. The van der Waals surface area contributed by atoms with Gasteiger partial charge in [0, 0.05) is 18.3 Å². The number of hydrogen-bond donors (Lipinski definition) is 1. The van der Waals surface area contributed by atoms with Crippen LogP contribution < -0.4 is 10.1 Å². The minimum atomic E-state index is 0.452. The summed E-state index contributed by atoms with van der Waals surface area (Å²) in [4.78, 5) is 4.30. The van der Waals surface area contributed by atoms with E-state index >= 15 is 0 Å². The van der Waals surface area contributed by atoms with Crippen LogP contribution in [0.4, 0.5) is 0 Å². The van der Waals surface area contributed by atoms with Crippen LogP contribution in [0.5, 0.6) is 5.88 Å². The van der Waals surface area contributed by atoms with Gasteiger partial charge < -0.3 is 10.1 Å². The SMILES string of the molecule is CCNC(Cc1ccc(OC)nc1)C1=CCCCCC1. The van der Waals surface area contributed by atoms with Gasteiger partial charge in [0.2, 0.25) is 5.88 Å². The minimum Gasteiger partial charge on any atom is -0.481 e. The van der Waals surface area contributed by atoms with Crippen LogP contribution in [0.3, 0.4) is 0 Å². The first kappa shape index (κ1) is 15.0. The maximum Gasteiger partial charge on any atom is 0.212 e. The third-order valence-corrected chi connectivity index (χ3v) is 3.92. The number of methoxy groups -OCH3 is 1. The lowest BCUT2D eigenvalue weighted by atomic mass is 9.96. The molecule has 110 valence electrons. The van der Waals surface area contributed by atoms with Crippen LogP contribution in [0.2, 0.25) is 0 Å². The van der Waals surface area contributed by atoms with Crippen LogP contribution in [0.25, 0.3) is 0 Å². The van der Waals surface area contributed by atoms with Gasteiger partial charge in [-0.3, -0.25) is 0 Å². The zero-order valence-electron chi connectivity index (χ0n) is 12.7. The molecule has 2 rings (SSSR count). The molecule has 1 atom stereocenters. The fraction of sp³-hybridized carbons (Fsp3) is 0.588. The third-order valence-electron chi connectivity index (χ3n) is 3.92. The van der Waals surface area contributed by atoms with Crippen molar-refractivity contribution in [2.45, 2.75) is 51.5 Å². The van der Waals surface area contributed by atoms with Crippen molar-refractivity contribution in [1.82, 2.24) is 10.3 Å². The Kier molecular flexibility index (Phi) is 6.06. The maximum atomic E-state index is 5.12. The van der Waals surface area contributed by atoms with E-state index in [9.17, 15) is 0 Å².